The van der Waals surface area contributed by atoms with Gasteiger partial charge in [0, 0.05) is 13.2 Å². The Labute approximate surface area is 126 Å². The summed E-state index contributed by atoms with van der Waals surface area (Å²) in [4.78, 5) is 0.194. The van der Waals surface area contributed by atoms with Crippen molar-refractivity contribution in [2.75, 3.05) is 13.2 Å². The van der Waals surface area contributed by atoms with Crippen LogP contribution < -0.4 is 4.72 Å². The molecule has 1 aromatic carbocycles. The molecule has 0 saturated carbocycles. The Morgan fingerprint density at radius 2 is 2.29 bits per heavy atom. The van der Waals surface area contributed by atoms with Crippen LogP contribution in [-0.4, -0.2) is 32.8 Å². The van der Waals surface area contributed by atoms with Crippen LogP contribution in [0.15, 0.2) is 29.2 Å². The molecule has 0 bridgehead atoms. The van der Waals surface area contributed by atoms with Crippen molar-refractivity contribution in [1.82, 2.24) is 4.72 Å². The normalized spacial score (nSPS) is 20.6. The van der Waals surface area contributed by atoms with Gasteiger partial charge in [-0.15, -0.1) is 0 Å². The Morgan fingerprint density at radius 3 is 2.95 bits per heavy atom. The first kappa shape index (κ1) is 16.4. The molecule has 1 aliphatic heterocycles. The van der Waals surface area contributed by atoms with Crippen molar-refractivity contribution < 1.29 is 18.3 Å². The molecular formula is C15H23NO4S. The molecule has 2 N–H and O–H groups in total. The summed E-state index contributed by atoms with van der Waals surface area (Å²) >= 11 is 0. The molecule has 0 aromatic heterocycles. The maximum atomic E-state index is 12.2. The molecule has 1 saturated heterocycles. The monoisotopic (exact) mass is 313 g/mol. The second-order valence-corrected chi connectivity index (χ2v) is 7.08. The van der Waals surface area contributed by atoms with Crippen molar-refractivity contribution in [3.8, 4) is 0 Å². The number of hydrogen-bond acceptors (Lipinski definition) is 4. The molecule has 0 spiro atoms. The van der Waals surface area contributed by atoms with Crippen molar-refractivity contribution >= 4 is 10.0 Å². The highest BCUT2D eigenvalue weighted by Crippen LogP contribution is 2.20. The van der Waals surface area contributed by atoms with E-state index in [-0.39, 0.29) is 11.0 Å². The fraction of sp³-hybridized carbons (Fsp3) is 0.600. The van der Waals surface area contributed by atoms with Crippen molar-refractivity contribution in [1.29, 1.82) is 0 Å². The summed E-state index contributed by atoms with van der Waals surface area (Å²) < 4.78 is 32.5. The first-order chi connectivity index (χ1) is 10.0. The quantitative estimate of drug-likeness (QED) is 0.807. The molecule has 6 heteroatoms. The Kier molecular flexibility index (Phi) is 5.75. The topological polar surface area (TPSA) is 75.6 Å². The lowest BCUT2D eigenvalue weighted by Crippen LogP contribution is -2.27. The lowest BCUT2D eigenvalue weighted by atomic mass is 10.1. The van der Waals surface area contributed by atoms with E-state index in [4.69, 9.17) is 4.74 Å². The Balaban J connectivity index is 1.98. The predicted molar refractivity (Wildman–Crippen MR) is 80.5 cm³/mol. The maximum Gasteiger partial charge on any atom is 0.240 e. The van der Waals surface area contributed by atoms with Gasteiger partial charge >= 0.3 is 0 Å². The first-order valence-corrected chi connectivity index (χ1v) is 8.90. The number of aliphatic hydroxyl groups is 1. The molecule has 118 valence electrons. The minimum atomic E-state index is -3.53. The third-order valence-electron chi connectivity index (χ3n) is 3.72. The van der Waals surface area contributed by atoms with Crippen LogP contribution in [0, 0.1) is 0 Å². The highest BCUT2D eigenvalue weighted by atomic mass is 32.2. The third-order valence-corrected chi connectivity index (χ3v) is 5.18. The van der Waals surface area contributed by atoms with E-state index in [1.807, 2.05) is 6.92 Å². The van der Waals surface area contributed by atoms with E-state index < -0.39 is 16.1 Å². The zero-order valence-electron chi connectivity index (χ0n) is 12.3. The van der Waals surface area contributed by atoms with Crippen molar-refractivity contribution in [2.45, 2.75) is 49.7 Å². The van der Waals surface area contributed by atoms with Crippen molar-refractivity contribution in [2.24, 2.45) is 0 Å². The molecule has 1 fully saturated rings. The number of aliphatic hydroxyl groups excluding tert-OH is 1. The molecule has 2 unspecified atom stereocenters. The summed E-state index contributed by atoms with van der Waals surface area (Å²) in [7, 11) is -3.53. The Hall–Kier alpha value is -0.950. The van der Waals surface area contributed by atoms with Gasteiger partial charge < -0.3 is 9.84 Å². The molecule has 0 radical (unpaired) electrons. The van der Waals surface area contributed by atoms with E-state index in [2.05, 4.69) is 4.72 Å². The van der Waals surface area contributed by atoms with E-state index in [1.54, 1.807) is 18.2 Å². The predicted octanol–water partition coefficient (Wildman–Crippen LogP) is 1.98. The van der Waals surface area contributed by atoms with Crippen LogP contribution in [0.2, 0.25) is 0 Å². The number of ether oxygens (including phenoxy) is 1. The van der Waals surface area contributed by atoms with Crippen LogP contribution in [0.3, 0.4) is 0 Å². The fourth-order valence-corrected chi connectivity index (χ4v) is 3.54. The smallest absolute Gasteiger partial charge is 0.240 e. The number of benzene rings is 1. The largest absolute Gasteiger partial charge is 0.388 e. The standard InChI is InChI=1S/C15H23NO4S/c1-2-15(17)12-5-3-7-14(11-12)21(18,19)16-9-8-13-6-4-10-20-13/h3,5,7,11,13,15-17H,2,4,6,8-10H2,1H3. The van der Waals surface area contributed by atoms with E-state index in [0.717, 1.165) is 19.4 Å². The summed E-state index contributed by atoms with van der Waals surface area (Å²) in [6.45, 7) is 2.99. The number of rotatable bonds is 7. The molecule has 5 nitrogen and oxygen atoms in total. The molecule has 0 amide bonds. The summed E-state index contributed by atoms with van der Waals surface area (Å²) in [5, 5.41) is 9.81. The summed E-state index contributed by atoms with van der Waals surface area (Å²) in [6.07, 6.45) is 2.83. The second-order valence-electron chi connectivity index (χ2n) is 5.32. The SMILES string of the molecule is CCC(O)c1cccc(S(=O)(=O)NCCC2CCCO2)c1. The Bertz CT molecular complexity index is 553. The van der Waals surface area contributed by atoms with E-state index in [1.165, 1.54) is 6.07 Å². The van der Waals surface area contributed by atoms with Crippen LogP contribution in [0.5, 0.6) is 0 Å². The Morgan fingerprint density at radius 1 is 1.48 bits per heavy atom. The average molecular weight is 313 g/mol. The van der Waals surface area contributed by atoms with Gasteiger partial charge in [-0.3, -0.25) is 0 Å². The van der Waals surface area contributed by atoms with Gasteiger partial charge in [-0.05, 0) is 43.4 Å². The fourth-order valence-electron chi connectivity index (χ4n) is 2.43. The van der Waals surface area contributed by atoms with Crippen LogP contribution in [0.1, 0.15) is 44.3 Å². The number of nitrogens with one attached hydrogen (secondary N) is 1. The molecule has 1 heterocycles. The van der Waals surface area contributed by atoms with Gasteiger partial charge in [0.05, 0.1) is 17.1 Å². The van der Waals surface area contributed by atoms with Gasteiger partial charge in [0.2, 0.25) is 10.0 Å². The summed E-state index contributed by atoms with van der Waals surface area (Å²) in [6, 6.07) is 6.46. The minimum Gasteiger partial charge on any atom is -0.388 e. The highest BCUT2D eigenvalue weighted by Gasteiger charge is 2.19. The molecule has 1 aliphatic rings. The molecule has 0 aliphatic carbocycles. The molecule has 2 atom stereocenters. The number of sulfonamides is 1. The van der Waals surface area contributed by atoms with Gasteiger partial charge in [0.1, 0.15) is 0 Å². The van der Waals surface area contributed by atoms with Gasteiger partial charge in [-0.1, -0.05) is 19.1 Å². The van der Waals surface area contributed by atoms with E-state index >= 15 is 0 Å². The van der Waals surface area contributed by atoms with E-state index in [9.17, 15) is 13.5 Å². The van der Waals surface area contributed by atoms with Gasteiger partial charge in [0.15, 0.2) is 0 Å². The van der Waals surface area contributed by atoms with Crippen LogP contribution in [0.4, 0.5) is 0 Å². The lowest BCUT2D eigenvalue weighted by molar-refractivity contribution is 0.105. The number of hydrogen-bond donors (Lipinski definition) is 2. The average Bonchev–Trinajstić information content (AvgIpc) is 2.99. The zero-order valence-corrected chi connectivity index (χ0v) is 13.1. The van der Waals surface area contributed by atoms with Gasteiger partial charge in [-0.25, -0.2) is 13.1 Å². The maximum absolute atomic E-state index is 12.2. The highest BCUT2D eigenvalue weighted by molar-refractivity contribution is 7.89. The molecule has 1 aromatic rings. The van der Waals surface area contributed by atoms with Gasteiger partial charge in [-0.2, -0.15) is 0 Å². The summed E-state index contributed by atoms with van der Waals surface area (Å²) in [5.41, 5.74) is 0.625. The van der Waals surface area contributed by atoms with Crippen LogP contribution in [0.25, 0.3) is 0 Å². The van der Waals surface area contributed by atoms with Crippen molar-refractivity contribution in [3.63, 3.8) is 0 Å². The third kappa shape index (κ3) is 4.51. The molecule has 2 rings (SSSR count). The van der Waals surface area contributed by atoms with Crippen molar-refractivity contribution in [3.05, 3.63) is 29.8 Å². The first-order valence-electron chi connectivity index (χ1n) is 7.42. The van der Waals surface area contributed by atoms with Crippen LogP contribution >= 0.6 is 0 Å². The zero-order chi connectivity index (χ0) is 15.3. The minimum absolute atomic E-state index is 0.168. The molecular weight excluding hydrogens is 290 g/mol. The van der Waals surface area contributed by atoms with E-state index in [0.29, 0.717) is 24.9 Å². The summed E-state index contributed by atoms with van der Waals surface area (Å²) in [5.74, 6) is 0. The van der Waals surface area contributed by atoms with Crippen LogP contribution in [-0.2, 0) is 14.8 Å². The second kappa shape index (κ2) is 7.35. The van der Waals surface area contributed by atoms with Gasteiger partial charge in [0.25, 0.3) is 0 Å². The molecule has 21 heavy (non-hydrogen) atoms. The lowest BCUT2D eigenvalue weighted by Gasteiger charge is -2.12.